The Morgan fingerprint density at radius 2 is 1.75 bits per heavy atom. The van der Waals surface area contributed by atoms with E-state index in [1.165, 1.54) is 0 Å². The Bertz CT molecular complexity index is 717. The van der Waals surface area contributed by atoms with E-state index in [1.807, 2.05) is 42.5 Å². The van der Waals surface area contributed by atoms with Crippen LogP contribution in [-0.4, -0.2) is 4.98 Å². The van der Waals surface area contributed by atoms with Crippen molar-refractivity contribution in [2.75, 3.05) is 5.73 Å². The molecule has 0 spiro atoms. The summed E-state index contributed by atoms with van der Waals surface area (Å²) < 4.78 is 0. The van der Waals surface area contributed by atoms with Crippen LogP contribution in [0.3, 0.4) is 0 Å². The van der Waals surface area contributed by atoms with Crippen molar-refractivity contribution in [1.29, 1.82) is 0 Å². The van der Waals surface area contributed by atoms with E-state index >= 15 is 0 Å². The van der Waals surface area contributed by atoms with E-state index in [4.69, 9.17) is 16.5 Å². The van der Waals surface area contributed by atoms with Gasteiger partial charge in [0.05, 0.1) is 5.69 Å². The second-order valence-electron chi connectivity index (χ2n) is 4.52. The van der Waals surface area contributed by atoms with Crippen molar-refractivity contribution in [3.8, 4) is 21.8 Å². The molecule has 2 aromatic carbocycles. The number of thiazole rings is 1. The predicted molar refractivity (Wildman–Crippen MR) is 85.3 cm³/mol. The van der Waals surface area contributed by atoms with Crippen LogP contribution in [0.15, 0.2) is 53.9 Å². The number of benzene rings is 2. The molecule has 0 aliphatic carbocycles. The van der Waals surface area contributed by atoms with Crippen LogP contribution in [0.5, 0.6) is 0 Å². The fourth-order valence-electron chi connectivity index (χ4n) is 2.09. The Kier molecular flexibility index (Phi) is 3.50. The van der Waals surface area contributed by atoms with Gasteiger partial charge in [-0.3, -0.25) is 0 Å². The van der Waals surface area contributed by atoms with Crippen LogP contribution in [0.25, 0.3) is 21.8 Å². The molecule has 1 aromatic heterocycles. The molecule has 3 rings (SSSR count). The maximum absolute atomic E-state index is 5.79. The van der Waals surface area contributed by atoms with E-state index in [9.17, 15) is 0 Å². The molecule has 0 fully saturated rings. The monoisotopic (exact) mass is 281 g/mol. The van der Waals surface area contributed by atoms with Gasteiger partial charge < -0.3 is 11.5 Å². The van der Waals surface area contributed by atoms with Crippen molar-refractivity contribution < 1.29 is 0 Å². The number of anilines is 1. The number of nitrogens with zero attached hydrogens (tertiary/aromatic N) is 1. The number of nitrogen functional groups attached to an aromatic ring is 1. The van der Waals surface area contributed by atoms with Crippen LogP contribution in [0, 0.1) is 0 Å². The summed E-state index contributed by atoms with van der Waals surface area (Å²) in [5.74, 6) is 0. The van der Waals surface area contributed by atoms with Gasteiger partial charge in [-0.1, -0.05) is 36.4 Å². The van der Waals surface area contributed by atoms with Gasteiger partial charge in [0.25, 0.3) is 0 Å². The Hall–Kier alpha value is -2.17. The lowest BCUT2D eigenvalue weighted by Crippen LogP contribution is -1.98. The summed E-state index contributed by atoms with van der Waals surface area (Å²) in [5.41, 5.74) is 16.5. The molecule has 4 heteroatoms. The zero-order valence-corrected chi connectivity index (χ0v) is 11.7. The summed E-state index contributed by atoms with van der Waals surface area (Å²) in [6.07, 6.45) is 0. The Morgan fingerprint density at radius 3 is 2.50 bits per heavy atom. The molecule has 0 atom stereocenters. The standard InChI is InChI=1S/C16H15N3S/c17-9-12-3-1-2-4-14(12)16-19-15(10-20-16)11-5-7-13(18)8-6-11/h1-8,10H,9,17-18H2. The van der Waals surface area contributed by atoms with Gasteiger partial charge in [0, 0.05) is 28.7 Å². The van der Waals surface area contributed by atoms with Gasteiger partial charge >= 0.3 is 0 Å². The van der Waals surface area contributed by atoms with Crippen LogP contribution in [-0.2, 0) is 6.54 Å². The fraction of sp³-hybridized carbons (Fsp3) is 0.0625. The first-order valence-electron chi connectivity index (χ1n) is 6.37. The van der Waals surface area contributed by atoms with Crippen molar-refractivity contribution in [1.82, 2.24) is 4.98 Å². The third kappa shape index (κ3) is 2.43. The number of nitrogens with two attached hydrogens (primary N) is 2. The molecule has 3 aromatic rings. The Labute approximate surface area is 121 Å². The van der Waals surface area contributed by atoms with Crippen LogP contribution in [0.4, 0.5) is 5.69 Å². The SMILES string of the molecule is NCc1ccccc1-c1nc(-c2ccc(N)cc2)cs1. The lowest BCUT2D eigenvalue weighted by Gasteiger charge is -2.03. The molecular formula is C16H15N3S. The second kappa shape index (κ2) is 5.45. The average Bonchev–Trinajstić information content (AvgIpc) is 2.97. The summed E-state index contributed by atoms with van der Waals surface area (Å²) in [6.45, 7) is 0.521. The van der Waals surface area contributed by atoms with Crippen LogP contribution in [0.2, 0.25) is 0 Å². The van der Waals surface area contributed by atoms with Gasteiger partial charge in [-0.2, -0.15) is 0 Å². The normalized spacial score (nSPS) is 10.7. The van der Waals surface area contributed by atoms with Gasteiger partial charge in [0.2, 0.25) is 0 Å². The first-order valence-corrected chi connectivity index (χ1v) is 7.25. The number of hydrogen-bond donors (Lipinski definition) is 2. The summed E-state index contributed by atoms with van der Waals surface area (Å²) in [6, 6.07) is 15.9. The molecule has 0 saturated heterocycles. The zero-order valence-electron chi connectivity index (χ0n) is 10.9. The van der Waals surface area contributed by atoms with Crippen molar-refractivity contribution in [2.45, 2.75) is 6.54 Å². The highest BCUT2D eigenvalue weighted by Crippen LogP contribution is 2.31. The number of rotatable bonds is 3. The summed E-state index contributed by atoms with van der Waals surface area (Å²) in [7, 11) is 0. The van der Waals surface area contributed by atoms with E-state index < -0.39 is 0 Å². The Balaban J connectivity index is 2.00. The molecular weight excluding hydrogens is 266 g/mol. The zero-order chi connectivity index (χ0) is 13.9. The summed E-state index contributed by atoms with van der Waals surface area (Å²) in [4.78, 5) is 4.71. The average molecular weight is 281 g/mol. The van der Waals surface area contributed by atoms with Crippen LogP contribution < -0.4 is 11.5 Å². The topological polar surface area (TPSA) is 64.9 Å². The molecule has 0 saturated carbocycles. The van der Waals surface area contributed by atoms with E-state index in [2.05, 4.69) is 11.4 Å². The van der Waals surface area contributed by atoms with Crippen molar-refractivity contribution in [3.05, 3.63) is 59.5 Å². The highest BCUT2D eigenvalue weighted by Gasteiger charge is 2.09. The smallest absolute Gasteiger partial charge is 0.124 e. The Morgan fingerprint density at radius 1 is 1.00 bits per heavy atom. The molecule has 0 aliphatic heterocycles. The molecule has 0 amide bonds. The lowest BCUT2D eigenvalue weighted by atomic mass is 10.1. The maximum Gasteiger partial charge on any atom is 0.124 e. The van der Waals surface area contributed by atoms with Gasteiger partial charge in [-0.05, 0) is 17.7 Å². The van der Waals surface area contributed by atoms with Crippen LogP contribution in [0.1, 0.15) is 5.56 Å². The molecule has 0 unspecified atom stereocenters. The van der Waals surface area contributed by atoms with Gasteiger partial charge in [0.15, 0.2) is 0 Å². The second-order valence-corrected chi connectivity index (χ2v) is 5.38. The molecule has 0 aliphatic rings. The highest BCUT2D eigenvalue weighted by atomic mass is 32.1. The van der Waals surface area contributed by atoms with Gasteiger partial charge in [-0.15, -0.1) is 11.3 Å². The number of hydrogen-bond acceptors (Lipinski definition) is 4. The molecule has 3 nitrogen and oxygen atoms in total. The fourth-order valence-corrected chi connectivity index (χ4v) is 2.98. The molecule has 0 radical (unpaired) electrons. The maximum atomic E-state index is 5.79. The predicted octanol–water partition coefficient (Wildman–Crippen LogP) is 3.52. The van der Waals surface area contributed by atoms with E-state index in [0.29, 0.717) is 6.54 Å². The first kappa shape index (κ1) is 12.8. The molecule has 1 heterocycles. The first-order chi connectivity index (χ1) is 9.78. The number of aromatic nitrogens is 1. The van der Waals surface area contributed by atoms with E-state index in [0.717, 1.165) is 33.1 Å². The molecule has 0 bridgehead atoms. The van der Waals surface area contributed by atoms with E-state index in [-0.39, 0.29) is 0 Å². The summed E-state index contributed by atoms with van der Waals surface area (Å²) >= 11 is 1.63. The largest absolute Gasteiger partial charge is 0.399 e. The minimum Gasteiger partial charge on any atom is -0.399 e. The highest BCUT2D eigenvalue weighted by molar-refractivity contribution is 7.13. The molecule has 100 valence electrons. The minimum absolute atomic E-state index is 0.521. The van der Waals surface area contributed by atoms with Gasteiger partial charge in [0.1, 0.15) is 5.01 Å². The van der Waals surface area contributed by atoms with Crippen molar-refractivity contribution in [3.63, 3.8) is 0 Å². The van der Waals surface area contributed by atoms with Crippen LogP contribution >= 0.6 is 11.3 Å². The van der Waals surface area contributed by atoms with E-state index in [1.54, 1.807) is 11.3 Å². The van der Waals surface area contributed by atoms with Crippen molar-refractivity contribution >= 4 is 17.0 Å². The minimum atomic E-state index is 0.521. The molecule has 20 heavy (non-hydrogen) atoms. The third-order valence-corrected chi connectivity index (χ3v) is 4.05. The summed E-state index contributed by atoms with van der Waals surface area (Å²) in [5, 5.41) is 3.06. The lowest BCUT2D eigenvalue weighted by molar-refractivity contribution is 1.07. The molecule has 4 N–H and O–H groups in total. The van der Waals surface area contributed by atoms with Crippen molar-refractivity contribution in [2.24, 2.45) is 5.73 Å². The quantitative estimate of drug-likeness (QED) is 0.722. The van der Waals surface area contributed by atoms with Gasteiger partial charge in [-0.25, -0.2) is 4.98 Å². The third-order valence-electron chi connectivity index (χ3n) is 3.18.